The minimum Gasteiger partial charge on any atom is -0.355 e. The van der Waals surface area contributed by atoms with Gasteiger partial charge in [0.2, 0.25) is 0 Å². The number of nitrogens with one attached hydrogen (secondary N) is 1. The molecular formula is C20H21N7. The molecule has 0 radical (unpaired) electrons. The lowest BCUT2D eigenvalue weighted by Gasteiger charge is -2.38. The average molecular weight is 359 g/mol. The molecule has 0 bridgehead atoms. The number of aromatic amines is 1. The molecule has 27 heavy (non-hydrogen) atoms. The first kappa shape index (κ1) is 17.3. The number of rotatable bonds is 4. The van der Waals surface area contributed by atoms with Crippen LogP contribution in [0.3, 0.4) is 0 Å². The summed E-state index contributed by atoms with van der Waals surface area (Å²) in [5, 5.41) is 20.0. The molecule has 1 unspecified atom stereocenters. The van der Waals surface area contributed by atoms with Crippen molar-refractivity contribution in [2.45, 2.75) is 25.3 Å². The quantitative estimate of drug-likeness (QED) is 0.769. The van der Waals surface area contributed by atoms with E-state index in [9.17, 15) is 0 Å². The number of nitriles is 2. The predicted molar refractivity (Wildman–Crippen MR) is 104 cm³/mol. The smallest absolute Gasteiger partial charge is 0.143 e. The standard InChI is InChI=1S/C20H21N7/c1-26(15-4-2-8-27(12-15)9-3-7-21)20-18-16-6-5-14(11-22)10-17(16)25-19(18)23-13-24-20/h5-6,10,13,15H,2-4,8-9,12H2,1H3,(H,23,24,25). The van der Waals surface area contributed by atoms with Gasteiger partial charge >= 0.3 is 0 Å². The number of hydrogen-bond acceptors (Lipinski definition) is 6. The van der Waals surface area contributed by atoms with Crippen molar-refractivity contribution in [1.29, 1.82) is 10.5 Å². The first-order valence-electron chi connectivity index (χ1n) is 9.20. The van der Waals surface area contributed by atoms with E-state index in [1.165, 1.54) is 0 Å². The fourth-order valence-electron chi connectivity index (χ4n) is 3.98. The molecule has 0 saturated carbocycles. The van der Waals surface area contributed by atoms with E-state index in [4.69, 9.17) is 10.5 Å². The van der Waals surface area contributed by atoms with Crippen LogP contribution in [0.5, 0.6) is 0 Å². The number of H-pyrrole nitrogens is 1. The Hall–Kier alpha value is -3.16. The molecule has 1 atom stereocenters. The molecule has 0 spiro atoms. The fourth-order valence-corrected chi connectivity index (χ4v) is 3.98. The van der Waals surface area contributed by atoms with Crippen molar-refractivity contribution < 1.29 is 0 Å². The van der Waals surface area contributed by atoms with E-state index in [-0.39, 0.29) is 0 Å². The van der Waals surface area contributed by atoms with Crippen LogP contribution in [0.1, 0.15) is 24.8 Å². The Morgan fingerprint density at radius 3 is 3.04 bits per heavy atom. The first-order chi connectivity index (χ1) is 13.2. The number of fused-ring (bicyclic) bond motifs is 3. The van der Waals surface area contributed by atoms with Crippen molar-refractivity contribution in [3.63, 3.8) is 0 Å². The van der Waals surface area contributed by atoms with E-state index in [0.717, 1.165) is 60.2 Å². The van der Waals surface area contributed by atoms with Gasteiger partial charge < -0.3 is 14.8 Å². The molecule has 136 valence electrons. The summed E-state index contributed by atoms with van der Waals surface area (Å²) in [6.07, 6.45) is 4.38. The number of hydrogen-bond donors (Lipinski definition) is 1. The van der Waals surface area contributed by atoms with Gasteiger partial charge in [0.25, 0.3) is 0 Å². The third kappa shape index (κ3) is 3.18. The average Bonchev–Trinajstić information content (AvgIpc) is 3.09. The Kier molecular flexibility index (Phi) is 4.62. The maximum absolute atomic E-state index is 9.15. The van der Waals surface area contributed by atoms with Crippen LogP contribution in [-0.4, -0.2) is 52.6 Å². The number of benzene rings is 1. The lowest BCUT2D eigenvalue weighted by atomic mass is 10.0. The van der Waals surface area contributed by atoms with Gasteiger partial charge in [0, 0.05) is 43.5 Å². The van der Waals surface area contributed by atoms with Crippen molar-refractivity contribution >= 4 is 27.8 Å². The number of nitrogens with zero attached hydrogens (tertiary/aromatic N) is 6. The number of anilines is 1. The summed E-state index contributed by atoms with van der Waals surface area (Å²) in [6, 6.07) is 10.4. The van der Waals surface area contributed by atoms with E-state index >= 15 is 0 Å². The number of likely N-dealkylation sites (N-methyl/N-ethyl adjacent to an activating group) is 1. The van der Waals surface area contributed by atoms with E-state index in [1.807, 2.05) is 18.2 Å². The molecule has 7 nitrogen and oxygen atoms in total. The van der Waals surface area contributed by atoms with Crippen molar-refractivity contribution in [2.24, 2.45) is 0 Å². The van der Waals surface area contributed by atoms with Crippen LogP contribution < -0.4 is 4.90 Å². The summed E-state index contributed by atoms with van der Waals surface area (Å²) < 4.78 is 0. The maximum atomic E-state index is 9.15. The third-order valence-corrected chi connectivity index (χ3v) is 5.40. The molecule has 1 saturated heterocycles. The second-order valence-corrected chi connectivity index (χ2v) is 7.03. The zero-order chi connectivity index (χ0) is 18.8. The highest BCUT2D eigenvalue weighted by molar-refractivity contribution is 6.11. The summed E-state index contributed by atoms with van der Waals surface area (Å²) in [5.41, 5.74) is 2.31. The van der Waals surface area contributed by atoms with Gasteiger partial charge in [-0.05, 0) is 31.5 Å². The predicted octanol–water partition coefficient (Wildman–Crippen LogP) is 2.80. The molecule has 1 aromatic carbocycles. The molecule has 3 aromatic rings. The third-order valence-electron chi connectivity index (χ3n) is 5.40. The molecule has 0 amide bonds. The minimum atomic E-state index is 0.346. The number of likely N-dealkylation sites (tertiary alicyclic amines) is 1. The lowest BCUT2D eigenvalue weighted by molar-refractivity contribution is 0.210. The van der Waals surface area contributed by atoms with E-state index < -0.39 is 0 Å². The minimum absolute atomic E-state index is 0.346. The summed E-state index contributed by atoms with van der Waals surface area (Å²) in [5.74, 6) is 0.906. The molecule has 0 aliphatic carbocycles. The first-order valence-corrected chi connectivity index (χ1v) is 9.20. The zero-order valence-corrected chi connectivity index (χ0v) is 15.3. The monoisotopic (exact) mass is 359 g/mol. The summed E-state index contributed by atoms with van der Waals surface area (Å²) in [4.78, 5) is 16.9. The molecule has 1 aliphatic rings. The molecule has 1 fully saturated rings. The highest BCUT2D eigenvalue weighted by atomic mass is 15.3. The number of aromatic nitrogens is 3. The van der Waals surface area contributed by atoms with Crippen molar-refractivity contribution in [1.82, 2.24) is 19.9 Å². The highest BCUT2D eigenvalue weighted by Crippen LogP contribution is 2.32. The van der Waals surface area contributed by atoms with Gasteiger partial charge in [-0.3, -0.25) is 0 Å². The highest BCUT2D eigenvalue weighted by Gasteiger charge is 2.26. The maximum Gasteiger partial charge on any atom is 0.143 e. The van der Waals surface area contributed by atoms with Gasteiger partial charge in [-0.25, -0.2) is 9.97 Å². The van der Waals surface area contributed by atoms with E-state index in [2.05, 4.69) is 43.9 Å². The Labute approximate surface area is 157 Å². The Morgan fingerprint density at radius 1 is 1.33 bits per heavy atom. The molecule has 4 rings (SSSR count). The molecule has 1 aliphatic heterocycles. The Bertz CT molecular complexity index is 1060. The van der Waals surface area contributed by atoms with Crippen LogP contribution in [0, 0.1) is 22.7 Å². The summed E-state index contributed by atoms with van der Waals surface area (Å²) >= 11 is 0. The second-order valence-electron chi connectivity index (χ2n) is 7.03. The number of piperidine rings is 1. The SMILES string of the molecule is CN(c1ncnc2[nH]c3cc(C#N)ccc3c12)C1CCCN(CCC#N)C1. The molecule has 7 heteroatoms. The van der Waals surface area contributed by atoms with Crippen molar-refractivity contribution in [2.75, 3.05) is 31.6 Å². The van der Waals surface area contributed by atoms with Crippen LogP contribution in [-0.2, 0) is 0 Å². The van der Waals surface area contributed by atoms with Crippen molar-refractivity contribution in [3.05, 3.63) is 30.1 Å². The van der Waals surface area contributed by atoms with Gasteiger partial charge in [0.15, 0.2) is 0 Å². The van der Waals surface area contributed by atoms with Crippen LogP contribution in [0.4, 0.5) is 5.82 Å². The summed E-state index contributed by atoms with van der Waals surface area (Å²) in [7, 11) is 2.09. The Balaban J connectivity index is 1.70. The Morgan fingerprint density at radius 2 is 2.22 bits per heavy atom. The molecular weight excluding hydrogens is 338 g/mol. The van der Waals surface area contributed by atoms with Crippen LogP contribution in [0.2, 0.25) is 0 Å². The van der Waals surface area contributed by atoms with Gasteiger partial charge in [-0.15, -0.1) is 0 Å². The second kappa shape index (κ2) is 7.22. The molecule has 3 heterocycles. The zero-order valence-electron chi connectivity index (χ0n) is 15.3. The van der Waals surface area contributed by atoms with Gasteiger partial charge in [0.1, 0.15) is 17.8 Å². The normalized spacial score (nSPS) is 17.7. The topological polar surface area (TPSA) is 95.6 Å². The van der Waals surface area contributed by atoms with Gasteiger partial charge in [0.05, 0.1) is 23.1 Å². The van der Waals surface area contributed by atoms with Crippen LogP contribution >= 0.6 is 0 Å². The molecule has 2 aromatic heterocycles. The molecule has 1 N–H and O–H groups in total. The van der Waals surface area contributed by atoms with Gasteiger partial charge in [-0.2, -0.15) is 10.5 Å². The van der Waals surface area contributed by atoms with E-state index in [0.29, 0.717) is 18.0 Å². The fraction of sp³-hybridized carbons (Fsp3) is 0.400. The summed E-state index contributed by atoms with van der Waals surface area (Å²) in [6.45, 7) is 2.81. The largest absolute Gasteiger partial charge is 0.355 e. The van der Waals surface area contributed by atoms with E-state index in [1.54, 1.807) is 6.33 Å². The van der Waals surface area contributed by atoms with Gasteiger partial charge in [-0.1, -0.05) is 6.07 Å². The van der Waals surface area contributed by atoms with Crippen LogP contribution in [0.25, 0.3) is 21.9 Å². The van der Waals surface area contributed by atoms with Crippen molar-refractivity contribution in [3.8, 4) is 12.1 Å². The van der Waals surface area contributed by atoms with Crippen LogP contribution in [0.15, 0.2) is 24.5 Å². The lowest BCUT2D eigenvalue weighted by Crippen LogP contribution is -2.47.